The zero-order valence-electron chi connectivity index (χ0n) is 8.25. The van der Waals surface area contributed by atoms with Crippen LogP contribution in [0.1, 0.15) is 13.3 Å². The summed E-state index contributed by atoms with van der Waals surface area (Å²) in [6.07, 6.45) is 0.136. The monoisotopic (exact) mass is 190 g/mol. The van der Waals surface area contributed by atoms with E-state index in [9.17, 15) is 9.59 Å². The molecule has 0 aromatic heterocycles. The molecular formula is C8H14O5. The van der Waals surface area contributed by atoms with Crippen LogP contribution in [-0.2, 0) is 23.8 Å². The summed E-state index contributed by atoms with van der Waals surface area (Å²) in [6.45, 7) is 1.61. The molecule has 0 heterocycles. The summed E-state index contributed by atoms with van der Waals surface area (Å²) in [5.41, 5.74) is 0. The Morgan fingerprint density at radius 3 is 1.85 bits per heavy atom. The van der Waals surface area contributed by atoms with Gasteiger partial charge >= 0.3 is 11.8 Å². The molecule has 0 amide bonds. The molecule has 5 heteroatoms. The van der Waals surface area contributed by atoms with Gasteiger partial charge in [-0.1, -0.05) is 6.92 Å². The van der Waals surface area contributed by atoms with Crippen LogP contribution < -0.4 is 0 Å². The third-order valence-electron chi connectivity index (χ3n) is 1.72. The van der Waals surface area contributed by atoms with E-state index in [0.29, 0.717) is 0 Å². The summed E-state index contributed by atoms with van der Waals surface area (Å²) < 4.78 is 13.9. The summed E-state index contributed by atoms with van der Waals surface area (Å²) >= 11 is 0. The molecule has 0 saturated heterocycles. The number of carbonyl (C=O) groups excluding carboxylic acids is 2. The molecule has 0 bridgehead atoms. The van der Waals surface area contributed by atoms with Crippen LogP contribution in [0.15, 0.2) is 0 Å². The summed E-state index contributed by atoms with van der Waals surface area (Å²) in [7, 11) is 3.60. The van der Waals surface area contributed by atoms with Gasteiger partial charge in [0, 0.05) is 20.6 Å². The number of hydrogen-bond donors (Lipinski definition) is 0. The second kappa shape index (κ2) is 4.94. The summed E-state index contributed by atoms with van der Waals surface area (Å²) in [5, 5.41) is 0. The van der Waals surface area contributed by atoms with Crippen molar-refractivity contribution in [3.8, 4) is 0 Å². The van der Waals surface area contributed by atoms with Crippen LogP contribution in [0.25, 0.3) is 0 Å². The van der Waals surface area contributed by atoms with Gasteiger partial charge in [-0.25, -0.2) is 4.79 Å². The molecule has 0 aliphatic heterocycles. The van der Waals surface area contributed by atoms with Gasteiger partial charge in [-0.05, 0) is 0 Å². The van der Waals surface area contributed by atoms with Crippen molar-refractivity contribution in [1.29, 1.82) is 0 Å². The fourth-order valence-electron chi connectivity index (χ4n) is 0.959. The molecule has 0 N–H and O–H groups in total. The molecule has 0 saturated carbocycles. The Balaban J connectivity index is 4.90. The molecule has 0 fully saturated rings. The van der Waals surface area contributed by atoms with Crippen molar-refractivity contribution in [1.82, 2.24) is 0 Å². The SMILES string of the molecule is CCC(=O)C(OC)(OC)C(=O)OC. The predicted molar refractivity (Wildman–Crippen MR) is 44.1 cm³/mol. The Hall–Kier alpha value is -0.940. The van der Waals surface area contributed by atoms with Crippen molar-refractivity contribution in [3.63, 3.8) is 0 Å². The van der Waals surface area contributed by atoms with Crippen molar-refractivity contribution in [3.05, 3.63) is 0 Å². The first-order valence-electron chi connectivity index (χ1n) is 3.81. The summed E-state index contributed by atoms with van der Waals surface area (Å²) in [4.78, 5) is 22.5. The maximum atomic E-state index is 11.3. The molecule has 5 nitrogen and oxygen atoms in total. The highest BCUT2D eigenvalue weighted by molar-refractivity contribution is 6.05. The van der Waals surface area contributed by atoms with Crippen LogP contribution in [0.3, 0.4) is 0 Å². The molecule has 0 spiro atoms. The first-order chi connectivity index (χ1) is 6.08. The topological polar surface area (TPSA) is 61.8 Å². The largest absolute Gasteiger partial charge is 0.465 e. The van der Waals surface area contributed by atoms with Crippen LogP contribution in [0.4, 0.5) is 0 Å². The fraction of sp³-hybridized carbons (Fsp3) is 0.750. The maximum Gasteiger partial charge on any atom is 0.375 e. The minimum absolute atomic E-state index is 0.136. The van der Waals surface area contributed by atoms with Crippen molar-refractivity contribution in [2.45, 2.75) is 19.1 Å². The molecule has 0 unspecified atom stereocenters. The van der Waals surface area contributed by atoms with Crippen molar-refractivity contribution in [2.75, 3.05) is 21.3 Å². The van der Waals surface area contributed by atoms with E-state index < -0.39 is 17.5 Å². The lowest BCUT2D eigenvalue weighted by molar-refractivity contribution is -0.223. The van der Waals surface area contributed by atoms with Crippen LogP contribution in [0.5, 0.6) is 0 Å². The standard InChI is InChI=1S/C8H14O5/c1-5-6(9)8(12-3,13-4)7(10)11-2/h5H2,1-4H3. The van der Waals surface area contributed by atoms with E-state index in [1.54, 1.807) is 6.92 Å². The zero-order valence-corrected chi connectivity index (χ0v) is 8.25. The minimum Gasteiger partial charge on any atom is -0.465 e. The van der Waals surface area contributed by atoms with E-state index in [1.807, 2.05) is 0 Å². The molecule has 0 radical (unpaired) electrons. The minimum atomic E-state index is -1.90. The van der Waals surface area contributed by atoms with Gasteiger partial charge in [-0.2, -0.15) is 0 Å². The van der Waals surface area contributed by atoms with Crippen LogP contribution in [0.2, 0.25) is 0 Å². The van der Waals surface area contributed by atoms with Crippen LogP contribution >= 0.6 is 0 Å². The van der Waals surface area contributed by atoms with Gasteiger partial charge in [0.2, 0.25) is 5.78 Å². The molecule has 0 aliphatic carbocycles. The second-order valence-electron chi connectivity index (χ2n) is 2.29. The van der Waals surface area contributed by atoms with E-state index in [-0.39, 0.29) is 6.42 Å². The number of carbonyl (C=O) groups is 2. The maximum absolute atomic E-state index is 11.3. The van der Waals surface area contributed by atoms with E-state index >= 15 is 0 Å². The Morgan fingerprint density at radius 2 is 1.62 bits per heavy atom. The third kappa shape index (κ3) is 2.05. The smallest absolute Gasteiger partial charge is 0.375 e. The highest BCUT2D eigenvalue weighted by Gasteiger charge is 2.47. The average Bonchev–Trinajstić information content (AvgIpc) is 2.19. The molecule has 13 heavy (non-hydrogen) atoms. The predicted octanol–water partition coefficient (Wildman–Crippen LogP) is 0.128. The van der Waals surface area contributed by atoms with Gasteiger partial charge in [0.1, 0.15) is 0 Å². The lowest BCUT2D eigenvalue weighted by Crippen LogP contribution is -2.50. The second-order valence-corrected chi connectivity index (χ2v) is 2.29. The van der Waals surface area contributed by atoms with Crippen LogP contribution in [-0.4, -0.2) is 38.9 Å². The quantitative estimate of drug-likeness (QED) is 0.350. The molecular weight excluding hydrogens is 176 g/mol. The molecule has 76 valence electrons. The molecule has 0 rings (SSSR count). The molecule has 0 atom stereocenters. The third-order valence-corrected chi connectivity index (χ3v) is 1.72. The molecule has 0 aromatic carbocycles. The van der Waals surface area contributed by atoms with Gasteiger partial charge in [-0.3, -0.25) is 4.79 Å². The van der Waals surface area contributed by atoms with Gasteiger partial charge in [0.25, 0.3) is 0 Å². The summed E-state index contributed by atoms with van der Waals surface area (Å²) in [5.74, 6) is -3.21. The first kappa shape index (κ1) is 12.1. The number of hydrogen-bond acceptors (Lipinski definition) is 5. The van der Waals surface area contributed by atoms with E-state index in [0.717, 1.165) is 7.11 Å². The Morgan fingerprint density at radius 1 is 1.15 bits per heavy atom. The molecule has 0 aliphatic rings. The zero-order chi connectivity index (χ0) is 10.5. The molecule has 0 aromatic rings. The van der Waals surface area contributed by atoms with E-state index in [1.165, 1.54) is 14.2 Å². The Bertz CT molecular complexity index is 177. The number of rotatable bonds is 5. The lowest BCUT2D eigenvalue weighted by atomic mass is 10.1. The fourth-order valence-corrected chi connectivity index (χ4v) is 0.959. The Labute approximate surface area is 77.0 Å². The van der Waals surface area contributed by atoms with E-state index in [4.69, 9.17) is 9.47 Å². The van der Waals surface area contributed by atoms with E-state index in [2.05, 4.69) is 4.74 Å². The van der Waals surface area contributed by atoms with Gasteiger partial charge < -0.3 is 14.2 Å². The van der Waals surface area contributed by atoms with Crippen molar-refractivity contribution < 1.29 is 23.8 Å². The number of ether oxygens (including phenoxy) is 3. The van der Waals surface area contributed by atoms with Crippen molar-refractivity contribution in [2.24, 2.45) is 0 Å². The number of methoxy groups -OCH3 is 3. The summed E-state index contributed by atoms with van der Waals surface area (Å²) in [6, 6.07) is 0. The lowest BCUT2D eigenvalue weighted by Gasteiger charge is -2.25. The van der Waals surface area contributed by atoms with Gasteiger partial charge in [-0.15, -0.1) is 0 Å². The Kier molecular flexibility index (Phi) is 4.58. The van der Waals surface area contributed by atoms with Crippen molar-refractivity contribution >= 4 is 11.8 Å². The number of esters is 1. The highest BCUT2D eigenvalue weighted by Crippen LogP contribution is 2.16. The normalized spacial score (nSPS) is 11.1. The number of ketones is 1. The van der Waals surface area contributed by atoms with Crippen LogP contribution in [0, 0.1) is 0 Å². The first-order valence-corrected chi connectivity index (χ1v) is 3.81. The average molecular weight is 190 g/mol. The number of Topliss-reactive ketones (excluding diaryl/α,β-unsaturated/α-hetero) is 1. The van der Waals surface area contributed by atoms with Gasteiger partial charge in [0.15, 0.2) is 0 Å². The van der Waals surface area contributed by atoms with Gasteiger partial charge in [0.05, 0.1) is 7.11 Å². The highest BCUT2D eigenvalue weighted by atomic mass is 16.7.